The third-order valence-corrected chi connectivity index (χ3v) is 5.71. The first-order valence-corrected chi connectivity index (χ1v) is 10.2. The molecule has 1 atom stereocenters. The first kappa shape index (κ1) is 20.1. The monoisotopic (exact) mass is 406 g/mol. The van der Waals surface area contributed by atoms with Crippen LogP contribution in [0.3, 0.4) is 0 Å². The van der Waals surface area contributed by atoms with Crippen LogP contribution in [0.25, 0.3) is 10.8 Å². The van der Waals surface area contributed by atoms with Crippen molar-refractivity contribution in [3.05, 3.63) is 70.1 Å². The molecule has 0 aliphatic carbocycles. The van der Waals surface area contributed by atoms with Crippen LogP contribution in [0.4, 0.5) is 0 Å². The quantitative estimate of drug-likeness (QED) is 0.681. The molecule has 1 saturated heterocycles. The predicted octanol–water partition coefficient (Wildman–Crippen LogP) is 2.51. The van der Waals surface area contributed by atoms with Gasteiger partial charge in [0.1, 0.15) is 5.75 Å². The van der Waals surface area contributed by atoms with Gasteiger partial charge in [-0.25, -0.2) is 4.68 Å². The molecule has 2 aromatic carbocycles. The van der Waals surface area contributed by atoms with Gasteiger partial charge in [-0.15, -0.1) is 0 Å². The average molecular weight is 406 g/mol. The van der Waals surface area contributed by atoms with Gasteiger partial charge in [-0.2, -0.15) is 5.10 Å². The number of carbonyl (C=O) groups excluding carboxylic acids is 1. The molecule has 2 heterocycles. The van der Waals surface area contributed by atoms with Crippen molar-refractivity contribution in [2.45, 2.75) is 18.9 Å². The van der Waals surface area contributed by atoms with Gasteiger partial charge in [0, 0.05) is 24.5 Å². The second kappa shape index (κ2) is 8.67. The largest absolute Gasteiger partial charge is 0.496 e. The van der Waals surface area contributed by atoms with Crippen LogP contribution in [-0.2, 0) is 7.05 Å². The highest BCUT2D eigenvalue weighted by atomic mass is 16.5. The Morgan fingerprint density at radius 1 is 1.10 bits per heavy atom. The summed E-state index contributed by atoms with van der Waals surface area (Å²) in [6.45, 7) is 2.40. The Hall–Kier alpha value is -3.19. The van der Waals surface area contributed by atoms with E-state index in [0.29, 0.717) is 17.3 Å². The number of likely N-dealkylation sites (tertiary alicyclic amines) is 1. The van der Waals surface area contributed by atoms with Crippen LogP contribution < -0.4 is 15.6 Å². The lowest BCUT2D eigenvalue weighted by Crippen LogP contribution is -2.38. The Morgan fingerprint density at radius 2 is 1.77 bits per heavy atom. The molecule has 4 rings (SSSR count). The molecule has 0 saturated carbocycles. The molecule has 30 heavy (non-hydrogen) atoms. The van der Waals surface area contributed by atoms with Gasteiger partial charge in [0.05, 0.1) is 18.5 Å². The lowest BCUT2D eigenvalue weighted by Gasteiger charge is -2.29. The van der Waals surface area contributed by atoms with E-state index in [1.54, 1.807) is 32.4 Å². The number of hydrogen-bond acceptors (Lipinski definition) is 5. The fraction of sp³-hybridized carbons (Fsp3) is 0.348. The number of rotatable bonds is 6. The summed E-state index contributed by atoms with van der Waals surface area (Å²) in [5.74, 6) is 0.523. The predicted molar refractivity (Wildman–Crippen MR) is 116 cm³/mol. The second-order valence-corrected chi connectivity index (χ2v) is 7.53. The Balaban J connectivity index is 1.63. The lowest BCUT2D eigenvalue weighted by atomic mass is 10.0. The maximum absolute atomic E-state index is 13.1. The summed E-state index contributed by atoms with van der Waals surface area (Å²) >= 11 is 0. The number of methoxy groups -OCH3 is 1. The number of benzene rings is 2. The van der Waals surface area contributed by atoms with Crippen LogP contribution in [0.5, 0.6) is 5.75 Å². The lowest BCUT2D eigenvalue weighted by molar-refractivity contribution is 0.0932. The van der Waals surface area contributed by atoms with E-state index in [9.17, 15) is 9.59 Å². The molecule has 1 amide bonds. The van der Waals surface area contributed by atoms with Crippen molar-refractivity contribution < 1.29 is 9.53 Å². The fourth-order valence-electron chi connectivity index (χ4n) is 4.17. The Morgan fingerprint density at radius 3 is 2.50 bits per heavy atom. The zero-order valence-electron chi connectivity index (χ0n) is 17.3. The van der Waals surface area contributed by atoms with E-state index in [-0.39, 0.29) is 23.2 Å². The SMILES string of the molecule is COc1ccccc1[C@@H](CNC(=O)c1nn(C)c(=O)c2ccccc12)N1CCCC1. The van der Waals surface area contributed by atoms with Gasteiger partial charge < -0.3 is 10.1 Å². The Labute approximate surface area is 175 Å². The number of nitrogens with zero attached hydrogens (tertiary/aromatic N) is 3. The first-order valence-electron chi connectivity index (χ1n) is 10.2. The number of hydrogen-bond donors (Lipinski definition) is 1. The molecular weight excluding hydrogens is 380 g/mol. The van der Waals surface area contributed by atoms with Crippen molar-refractivity contribution in [3.63, 3.8) is 0 Å². The van der Waals surface area contributed by atoms with Gasteiger partial charge in [-0.3, -0.25) is 14.5 Å². The second-order valence-electron chi connectivity index (χ2n) is 7.53. The highest BCUT2D eigenvalue weighted by Gasteiger charge is 2.27. The fourth-order valence-corrected chi connectivity index (χ4v) is 4.17. The molecule has 1 fully saturated rings. The van der Waals surface area contributed by atoms with E-state index in [2.05, 4.69) is 15.3 Å². The van der Waals surface area contributed by atoms with Gasteiger partial charge in [-0.1, -0.05) is 36.4 Å². The molecule has 7 nitrogen and oxygen atoms in total. The van der Waals surface area contributed by atoms with Crippen LogP contribution in [-0.4, -0.2) is 47.3 Å². The number of amides is 1. The van der Waals surface area contributed by atoms with Gasteiger partial charge in [0.2, 0.25) is 0 Å². The van der Waals surface area contributed by atoms with Crippen molar-refractivity contribution in [1.29, 1.82) is 0 Å². The summed E-state index contributed by atoms with van der Waals surface area (Å²) in [6, 6.07) is 15.0. The number of aryl methyl sites for hydroxylation is 1. The number of ether oxygens (including phenoxy) is 1. The molecular formula is C23H26N4O3. The first-order chi connectivity index (χ1) is 14.6. The van der Waals surface area contributed by atoms with Crippen LogP contribution in [0, 0.1) is 0 Å². The number of fused-ring (bicyclic) bond motifs is 1. The van der Waals surface area contributed by atoms with Crippen LogP contribution in [0.15, 0.2) is 53.3 Å². The maximum atomic E-state index is 13.1. The van der Waals surface area contributed by atoms with E-state index in [0.717, 1.165) is 37.2 Å². The van der Waals surface area contributed by atoms with Gasteiger partial charge in [-0.05, 0) is 38.1 Å². The summed E-state index contributed by atoms with van der Waals surface area (Å²) in [6.07, 6.45) is 2.29. The van der Waals surface area contributed by atoms with E-state index in [1.165, 1.54) is 4.68 Å². The van der Waals surface area contributed by atoms with Crippen molar-refractivity contribution in [2.75, 3.05) is 26.7 Å². The van der Waals surface area contributed by atoms with Gasteiger partial charge in [0.15, 0.2) is 5.69 Å². The smallest absolute Gasteiger partial charge is 0.274 e. The maximum Gasteiger partial charge on any atom is 0.274 e. The summed E-state index contributed by atoms with van der Waals surface area (Å²) < 4.78 is 6.79. The van der Waals surface area contributed by atoms with E-state index >= 15 is 0 Å². The van der Waals surface area contributed by atoms with Crippen molar-refractivity contribution in [2.24, 2.45) is 7.05 Å². The molecule has 7 heteroatoms. The normalized spacial score (nSPS) is 15.3. The van der Waals surface area contributed by atoms with Crippen molar-refractivity contribution in [1.82, 2.24) is 20.0 Å². The number of carbonyl (C=O) groups is 1. The van der Waals surface area contributed by atoms with Crippen LogP contribution >= 0.6 is 0 Å². The molecule has 0 radical (unpaired) electrons. The van der Waals surface area contributed by atoms with E-state index in [4.69, 9.17) is 4.74 Å². The highest BCUT2D eigenvalue weighted by molar-refractivity contribution is 6.04. The molecule has 1 aromatic heterocycles. The van der Waals surface area contributed by atoms with Gasteiger partial charge >= 0.3 is 0 Å². The number of aromatic nitrogens is 2. The minimum absolute atomic E-state index is 0.00592. The summed E-state index contributed by atoms with van der Waals surface area (Å²) in [5, 5.41) is 8.34. The number of nitrogens with one attached hydrogen (secondary N) is 1. The molecule has 0 spiro atoms. The topological polar surface area (TPSA) is 76.5 Å². The zero-order valence-corrected chi connectivity index (χ0v) is 17.3. The minimum Gasteiger partial charge on any atom is -0.496 e. The highest BCUT2D eigenvalue weighted by Crippen LogP contribution is 2.31. The molecule has 1 N–H and O–H groups in total. The average Bonchev–Trinajstić information content (AvgIpc) is 3.31. The minimum atomic E-state index is -0.291. The van der Waals surface area contributed by atoms with Crippen molar-refractivity contribution >= 4 is 16.7 Å². The molecule has 0 bridgehead atoms. The molecule has 156 valence electrons. The molecule has 0 unspecified atom stereocenters. The zero-order chi connectivity index (χ0) is 21.1. The molecule has 1 aliphatic rings. The van der Waals surface area contributed by atoms with E-state index < -0.39 is 0 Å². The standard InChI is InChI=1S/C23H26N4O3/c1-26-23(29)17-10-4-3-9-16(17)21(25-26)22(28)24-15-19(27-13-7-8-14-27)18-11-5-6-12-20(18)30-2/h3-6,9-12,19H,7-8,13-15H2,1-2H3,(H,24,28)/t19-/m1/s1. The Bertz CT molecular complexity index is 1120. The number of para-hydroxylation sites is 1. The third kappa shape index (κ3) is 3.80. The van der Waals surface area contributed by atoms with Gasteiger partial charge in [0.25, 0.3) is 11.5 Å². The third-order valence-electron chi connectivity index (χ3n) is 5.71. The molecule has 1 aliphatic heterocycles. The Kier molecular flexibility index (Phi) is 5.81. The van der Waals surface area contributed by atoms with Crippen LogP contribution in [0.2, 0.25) is 0 Å². The summed E-state index contributed by atoms with van der Waals surface area (Å²) in [5.41, 5.74) is 1.10. The summed E-state index contributed by atoms with van der Waals surface area (Å²) in [4.78, 5) is 27.8. The molecule has 3 aromatic rings. The van der Waals surface area contributed by atoms with Crippen LogP contribution in [0.1, 0.15) is 34.9 Å². The van der Waals surface area contributed by atoms with Crippen molar-refractivity contribution in [3.8, 4) is 5.75 Å². The summed E-state index contributed by atoms with van der Waals surface area (Å²) in [7, 11) is 3.23. The van der Waals surface area contributed by atoms with E-state index in [1.807, 2.05) is 30.3 Å².